The van der Waals surface area contributed by atoms with Gasteiger partial charge in [-0.2, -0.15) is 0 Å². The zero-order valence-electron chi connectivity index (χ0n) is 50.0. The summed E-state index contributed by atoms with van der Waals surface area (Å²) in [5.74, 6) is -2.82. The van der Waals surface area contributed by atoms with Crippen LogP contribution in [0, 0.1) is 17.8 Å². The molecular weight excluding hydrogens is 995 g/mol. The summed E-state index contributed by atoms with van der Waals surface area (Å²) in [7, 11) is -4.37. The predicted octanol–water partition coefficient (Wildman–Crippen LogP) is 14.3. The highest BCUT2D eigenvalue weighted by Crippen LogP contribution is 2.58. The first-order valence-electron chi connectivity index (χ1n) is 29.1. The minimum Gasteiger partial charge on any atom is -0.456 e. The maximum absolute atomic E-state index is 13.3. The summed E-state index contributed by atoms with van der Waals surface area (Å²) in [6.07, 6.45) is 12.8. The van der Waals surface area contributed by atoms with E-state index in [-0.39, 0.29) is 59.1 Å². The second kappa shape index (κ2) is 25.8. The lowest BCUT2D eigenvalue weighted by atomic mass is 9.82. The van der Waals surface area contributed by atoms with Crippen molar-refractivity contribution < 1.29 is 56.4 Å². The van der Waals surface area contributed by atoms with E-state index in [1.807, 2.05) is 26.8 Å². The number of esters is 1. The molecule has 5 rings (SSSR count). The predicted molar refractivity (Wildman–Crippen MR) is 307 cm³/mol. The smallest absolute Gasteiger partial charge is 0.407 e. The topological polar surface area (TPSA) is 146 Å². The Kier molecular flexibility index (Phi) is 21.8. The van der Waals surface area contributed by atoms with Gasteiger partial charge < -0.3 is 47.3 Å². The highest BCUT2D eigenvalue weighted by Gasteiger charge is 2.66. The van der Waals surface area contributed by atoms with Crippen molar-refractivity contribution in [2.75, 3.05) is 13.2 Å². The fourth-order valence-electron chi connectivity index (χ4n) is 11.8. The van der Waals surface area contributed by atoms with E-state index in [0.29, 0.717) is 69.9 Å². The average molecular weight is 1100 g/mol. The molecular formula is C61H103NO12Si2. The summed E-state index contributed by atoms with van der Waals surface area (Å²) < 4.78 is 61.7. The van der Waals surface area contributed by atoms with Crippen molar-refractivity contribution in [3.8, 4) is 0 Å². The Labute approximate surface area is 461 Å². The number of ether oxygens (including phenoxy) is 7. The van der Waals surface area contributed by atoms with Gasteiger partial charge in [-0.1, -0.05) is 106 Å². The Balaban J connectivity index is 1.28. The number of hydrogen-bond donors (Lipinski definition) is 1. The largest absolute Gasteiger partial charge is 0.456 e. The summed E-state index contributed by atoms with van der Waals surface area (Å²) in [5, 5.41) is 2.78. The number of fused-ring (bicyclic) bond motifs is 2. The van der Waals surface area contributed by atoms with Gasteiger partial charge in [0.1, 0.15) is 30.0 Å². The Bertz CT molecular complexity index is 2080. The second-order valence-corrected chi connectivity index (χ2v) is 35.7. The molecule has 5 heterocycles. The van der Waals surface area contributed by atoms with Crippen LogP contribution in [-0.4, -0.2) is 107 Å². The van der Waals surface area contributed by atoms with Crippen molar-refractivity contribution in [2.45, 2.75) is 275 Å². The number of ketones is 1. The summed E-state index contributed by atoms with van der Waals surface area (Å²) >= 11 is 0. The molecule has 13 nitrogen and oxygen atoms in total. The molecule has 0 aromatic rings. The number of nitrogens with one attached hydrogen (secondary N) is 1. The minimum atomic E-state index is -2.22. The molecule has 0 aromatic heterocycles. The van der Waals surface area contributed by atoms with Crippen LogP contribution in [0.15, 0.2) is 61.3 Å². The highest BCUT2D eigenvalue weighted by atomic mass is 28.4. The van der Waals surface area contributed by atoms with Crippen LogP contribution in [0.3, 0.4) is 0 Å². The van der Waals surface area contributed by atoms with E-state index in [0.717, 1.165) is 55.8 Å². The first-order valence-corrected chi connectivity index (χ1v) is 34.5. The fraction of sp³-hybridized carbons (Fsp3) is 0.787. The van der Waals surface area contributed by atoms with Crippen molar-refractivity contribution in [2.24, 2.45) is 17.8 Å². The number of carbonyl (C=O) groups is 3. The quantitative estimate of drug-likeness (QED) is 0.0289. The van der Waals surface area contributed by atoms with Crippen LogP contribution in [0.4, 0.5) is 4.79 Å². The van der Waals surface area contributed by atoms with Crippen LogP contribution in [0.5, 0.6) is 0 Å². The van der Waals surface area contributed by atoms with E-state index in [1.54, 1.807) is 6.08 Å². The van der Waals surface area contributed by atoms with Crippen LogP contribution >= 0.6 is 0 Å². The zero-order valence-corrected chi connectivity index (χ0v) is 52.0. The molecule has 5 aliphatic heterocycles. The first-order chi connectivity index (χ1) is 35.3. The summed E-state index contributed by atoms with van der Waals surface area (Å²) in [6, 6.07) is 3.03. The van der Waals surface area contributed by atoms with Gasteiger partial charge in [0.2, 0.25) is 0 Å². The van der Waals surface area contributed by atoms with E-state index in [4.69, 9.17) is 42.0 Å². The summed E-state index contributed by atoms with van der Waals surface area (Å²) in [6.45, 7) is 49.1. The minimum absolute atomic E-state index is 0.00601. The van der Waals surface area contributed by atoms with Gasteiger partial charge >= 0.3 is 12.1 Å². The normalized spacial score (nSPS) is 31.8. The zero-order chi connectivity index (χ0) is 56.7. The number of alkyl carbamates (subject to hydrolysis) is 1. The van der Waals surface area contributed by atoms with E-state index < -0.39 is 69.5 Å². The third kappa shape index (κ3) is 16.0. The molecule has 5 saturated heterocycles. The lowest BCUT2D eigenvalue weighted by Gasteiger charge is -2.55. The van der Waals surface area contributed by atoms with E-state index in [2.05, 4.69) is 114 Å². The standard InChI is InChI=1S/C61H103NO12Si2/c1-20-36-66-55(65)62-41-47(10)44(7)38-45(8)50(63)28-24-26-42(5)37-48-31-33-58(17,74-76(21-2,22-3)23-4)61(68-48)35-34-59(73-61)32-25-27-49(67-59)40-60-39-46(9)52(72-75(18,19)57(14,15)16)53(70-60)51(69-60)30-29-43(6)54(64)71-56(11,12)13/h20,29-30,44,46-49,51-53H,1,5-6,8,21-28,31-41H2,2-4,7,9-19H3,(H,62,65)/b30-29+/t44-,46+,47-,48-,49+,51-,52+,53-,58+,59+,60+,61+/m1/s1. The average Bonchev–Trinajstić information content (AvgIpc) is 3.84. The first kappa shape index (κ1) is 64.1. The number of hydrogen-bond acceptors (Lipinski definition) is 12. The SMILES string of the molecule is C=CCOC(=O)NC[C@@H](C)[C@H](C)CC(=C)C(=O)CCCC(=C)C[C@H]1CC[C@](C)(O[Si](CC)(CC)CC)[C@@]2(CC[C@]3(CCC[C@@H](C[C@]45C[C@H](C)[C@H](O[Si](C)(C)C(C)(C)C)[C@H](O4)[C@@H](/C=C/C(=C)C(=O)OC(C)(C)C)O5)O3)O2)O1. The second-order valence-electron chi connectivity index (χ2n) is 26.2. The molecule has 0 aliphatic carbocycles. The number of allylic oxidation sites excluding steroid dienone is 1. The molecule has 0 aromatic carbocycles. The third-order valence-electron chi connectivity index (χ3n) is 17.9. The highest BCUT2D eigenvalue weighted by molar-refractivity contribution is 6.74. The van der Waals surface area contributed by atoms with Crippen LogP contribution in [0.2, 0.25) is 36.3 Å². The van der Waals surface area contributed by atoms with Crippen molar-refractivity contribution in [3.05, 3.63) is 61.3 Å². The number of amides is 1. The van der Waals surface area contributed by atoms with Gasteiger partial charge in [-0.25, -0.2) is 9.59 Å². The van der Waals surface area contributed by atoms with E-state index >= 15 is 0 Å². The van der Waals surface area contributed by atoms with Crippen LogP contribution in [0.1, 0.15) is 180 Å². The van der Waals surface area contributed by atoms with Crippen LogP contribution in [-0.2, 0) is 51.6 Å². The summed E-state index contributed by atoms with van der Waals surface area (Å²) in [4.78, 5) is 38.2. The maximum Gasteiger partial charge on any atom is 0.407 e. The molecule has 0 unspecified atom stereocenters. The molecule has 2 bridgehead atoms. The van der Waals surface area contributed by atoms with Crippen molar-refractivity contribution >= 4 is 34.5 Å². The van der Waals surface area contributed by atoms with Crippen LogP contribution < -0.4 is 5.32 Å². The van der Waals surface area contributed by atoms with E-state index in [9.17, 15) is 14.4 Å². The summed E-state index contributed by atoms with van der Waals surface area (Å²) in [5.41, 5.74) is 0.579. The van der Waals surface area contributed by atoms with Gasteiger partial charge in [-0.3, -0.25) is 4.79 Å². The van der Waals surface area contributed by atoms with Gasteiger partial charge in [-0.15, -0.1) is 0 Å². The van der Waals surface area contributed by atoms with Gasteiger partial charge in [0, 0.05) is 45.1 Å². The number of carbonyl (C=O) groups excluding carboxylic acids is 3. The van der Waals surface area contributed by atoms with Crippen molar-refractivity contribution in [3.63, 3.8) is 0 Å². The molecule has 12 atom stereocenters. The molecule has 2 spiro atoms. The fourth-order valence-corrected chi connectivity index (χ4v) is 16.4. The van der Waals surface area contributed by atoms with Gasteiger partial charge in [0.15, 0.2) is 39.8 Å². The van der Waals surface area contributed by atoms with E-state index in [1.165, 1.54) is 6.08 Å². The Morgan fingerprint density at radius 2 is 1.55 bits per heavy atom. The number of rotatable bonds is 26. The van der Waals surface area contributed by atoms with Crippen molar-refractivity contribution in [1.29, 1.82) is 0 Å². The Morgan fingerprint density at radius 1 is 0.868 bits per heavy atom. The van der Waals surface area contributed by atoms with Crippen LogP contribution in [0.25, 0.3) is 0 Å². The molecule has 5 aliphatic rings. The molecule has 15 heteroatoms. The van der Waals surface area contributed by atoms with Crippen molar-refractivity contribution in [1.82, 2.24) is 5.32 Å². The Hall–Kier alpha value is -2.74. The molecule has 432 valence electrons. The molecule has 0 saturated carbocycles. The van der Waals surface area contributed by atoms with Gasteiger partial charge in [-0.05, 0) is 145 Å². The monoisotopic (exact) mass is 1100 g/mol. The molecule has 1 N–H and O–H groups in total. The number of Topliss-reactive ketones (excluding diaryl/α,β-unsaturated/α-hetero) is 1. The lowest BCUT2D eigenvalue weighted by Crippen LogP contribution is -2.65. The molecule has 0 radical (unpaired) electrons. The third-order valence-corrected chi connectivity index (χ3v) is 27.1. The molecule has 5 fully saturated rings. The lowest BCUT2D eigenvalue weighted by molar-refractivity contribution is -0.400. The maximum atomic E-state index is 13.3. The molecule has 76 heavy (non-hydrogen) atoms. The van der Waals surface area contributed by atoms with Gasteiger partial charge in [0.25, 0.3) is 0 Å². The van der Waals surface area contributed by atoms with Gasteiger partial charge in [0.05, 0.1) is 23.9 Å². The molecule has 1 amide bonds. The Morgan fingerprint density at radius 3 is 2.18 bits per heavy atom.